The summed E-state index contributed by atoms with van der Waals surface area (Å²) < 4.78 is 28.3. The molecule has 0 bridgehead atoms. The molecule has 0 atom stereocenters. The number of sulfone groups is 1. The van der Waals surface area contributed by atoms with Gasteiger partial charge < -0.3 is 9.41 Å². The number of aromatic nitrogens is 5. The molecule has 0 radical (unpaired) electrons. The normalized spacial score (nSPS) is 14.8. The van der Waals surface area contributed by atoms with Crippen molar-refractivity contribution >= 4 is 36.9 Å². The summed E-state index contributed by atoms with van der Waals surface area (Å²) in [6.45, 7) is 9.05. The first-order valence-corrected chi connectivity index (χ1v) is 12.8. The Bertz CT molecular complexity index is 1550. The smallest absolute Gasteiger partial charge is 0.258 e. The molecule has 1 aliphatic rings. The van der Waals surface area contributed by atoms with E-state index in [1.807, 2.05) is 24.3 Å². The molecule has 1 aromatic carbocycles. The van der Waals surface area contributed by atoms with E-state index in [9.17, 15) is 8.42 Å². The molecule has 166 valence electrons. The van der Waals surface area contributed by atoms with Gasteiger partial charge in [0.05, 0.1) is 10.6 Å². The van der Waals surface area contributed by atoms with E-state index in [4.69, 9.17) is 6.57 Å². The van der Waals surface area contributed by atoms with Gasteiger partial charge in [0.15, 0.2) is 21.3 Å². The van der Waals surface area contributed by atoms with Crippen LogP contribution in [0.4, 0.5) is 0 Å². The summed E-state index contributed by atoms with van der Waals surface area (Å²) in [6, 6.07) is 11.1. The highest BCUT2D eigenvalue weighted by Crippen LogP contribution is 2.49. The maximum Gasteiger partial charge on any atom is 0.258 e. The van der Waals surface area contributed by atoms with Gasteiger partial charge in [-0.25, -0.2) is 20.0 Å². The van der Waals surface area contributed by atoms with Gasteiger partial charge in [0.2, 0.25) is 0 Å². The monoisotopic (exact) mass is 522 g/mol. The molecule has 10 heteroatoms. The topological polar surface area (TPSA) is 95.0 Å². The van der Waals surface area contributed by atoms with E-state index in [-0.39, 0.29) is 21.9 Å². The highest BCUT2D eigenvalue weighted by molar-refractivity contribution is 9.10. The second kappa shape index (κ2) is 7.71. The highest BCUT2D eigenvalue weighted by Gasteiger charge is 2.52. The van der Waals surface area contributed by atoms with Gasteiger partial charge in [0, 0.05) is 43.3 Å². The standard InChI is InChI=1S/C23H19BrN6O2S/c1-4-33(31,32)18-11-15(14-5-7-16(8-6-14)23(25-2)9-10-23)13-26-20(18)22-27-17-12-19(24)28-29-21(17)30(22)3/h5-8,11-13H,4,9-10H2,1,3H3. The van der Waals surface area contributed by atoms with E-state index in [0.29, 0.717) is 27.2 Å². The molecule has 0 saturated heterocycles. The van der Waals surface area contributed by atoms with Gasteiger partial charge >= 0.3 is 0 Å². The van der Waals surface area contributed by atoms with Crippen LogP contribution in [0, 0.1) is 6.57 Å². The predicted octanol–water partition coefficient (Wildman–Crippen LogP) is 4.56. The van der Waals surface area contributed by atoms with Gasteiger partial charge in [-0.05, 0) is 27.6 Å². The van der Waals surface area contributed by atoms with Crippen LogP contribution in [0.25, 0.3) is 38.7 Å². The number of benzene rings is 1. The first-order valence-electron chi connectivity index (χ1n) is 10.4. The number of rotatable bonds is 5. The van der Waals surface area contributed by atoms with Gasteiger partial charge in [-0.1, -0.05) is 31.2 Å². The van der Waals surface area contributed by atoms with Crippen LogP contribution in [-0.4, -0.2) is 38.9 Å². The van der Waals surface area contributed by atoms with Crippen LogP contribution in [-0.2, 0) is 22.4 Å². The van der Waals surface area contributed by atoms with E-state index < -0.39 is 9.84 Å². The van der Waals surface area contributed by atoms with Crippen LogP contribution in [0.3, 0.4) is 0 Å². The van der Waals surface area contributed by atoms with Gasteiger partial charge in [-0.2, -0.15) is 0 Å². The first-order chi connectivity index (χ1) is 15.8. The molecule has 1 aliphatic carbocycles. The zero-order valence-electron chi connectivity index (χ0n) is 17.9. The molecule has 8 nitrogen and oxygen atoms in total. The molecule has 0 spiro atoms. The van der Waals surface area contributed by atoms with Crippen molar-refractivity contribution in [2.75, 3.05) is 5.75 Å². The van der Waals surface area contributed by atoms with Gasteiger partial charge in [0.1, 0.15) is 15.8 Å². The fourth-order valence-corrected chi connectivity index (χ4v) is 5.25. The summed E-state index contributed by atoms with van der Waals surface area (Å²) in [5.74, 6) is 0.339. The largest absolute Gasteiger partial charge is 0.309 e. The summed E-state index contributed by atoms with van der Waals surface area (Å²) >= 11 is 3.29. The quantitative estimate of drug-likeness (QED) is 0.356. The van der Waals surface area contributed by atoms with Crippen molar-refractivity contribution in [3.63, 3.8) is 0 Å². The van der Waals surface area contributed by atoms with Crippen molar-refractivity contribution in [3.05, 3.63) is 64.2 Å². The SMILES string of the molecule is [C-]#[N+]C1(c2ccc(-c3cnc(-c4nc5cc(Br)nnc5n4C)c(S(=O)(=O)CC)c3)cc2)CC1. The van der Waals surface area contributed by atoms with Crippen molar-refractivity contribution in [1.82, 2.24) is 24.7 Å². The van der Waals surface area contributed by atoms with E-state index in [2.05, 4.69) is 40.9 Å². The third-order valence-electron chi connectivity index (χ3n) is 6.06. The molecule has 0 unspecified atom stereocenters. The van der Waals surface area contributed by atoms with Crippen molar-refractivity contribution in [2.24, 2.45) is 7.05 Å². The first kappa shape index (κ1) is 21.7. The van der Waals surface area contributed by atoms with E-state index >= 15 is 0 Å². The summed E-state index contributed by atoms with van der Waals surface area (Å²) in [5, 5.41) is 8.15. The second-order valence-electron chi connectivity index (χ2n) is 8.07. The molecule has 1 saturated carbocycles. The van der Waals surface area contributed by atoms with E-state index in [1.54, 1.807) is 36.9 Å². The third kappa shape index (κ3) is 3.61. The number of aryl methyl sites for hydroxylation is 1. The van der Waals surface area contributed by atoms with Crippen molar-refractivity contribution in [1.29, 1.82) is 0 Å². The van der Waals surface area contributed by atoms with Gasteiger partial charge in [-0.3, -0.25) is 4.98 Å². The van der Waals surface area contributed by atoms with Crippen LogP contribution < -0.4 is 0 Å². The molecular formula is C23H19BrN6O2S. The van der Waals surface area contributed by atoms with Crippen LogP contribution in [0.1, 0.15) is 25.3 Å². The number of fused-ring (bicyclic) bond motifs is 1. The Kier molecular flexibility index (Phi) is 5.06. The molecule has 33 heavy (non-hydrogen) atoms. The van der Waals surface area contributed by atoms with Gasteiger partial charge in [-0.15, -0.1) is 10.2 Å². The Labute approximate surface area is 199 Å². The second-order valence-corrected chi connectivity index (χ2v) is 11.1. The molecule has 0 N–H and O–H groups in total. The number of hydrogen-bond donors (Lipinski definition) is 0. The number of imidazole rings is 1. The van der Waals surface area contributed by atoms with Crippen molar-refractivity contribution in [2.45, 2.75) is 30.2 Å². The zero-order chi connectivity index (χ0) is 23.4. The zero-order valence-corrected chi connectivity index (χ0v) is 20.4. The maximum absolute atomic E-state index is 13.0. The minimum absolute atomic E-state index is 0.0626. The summed E-state index contributed by atoms with van der Waals surface area (Å²) in [6.07, 6.45) is 3.41. The molecule has 3 heterocycles. The number of halogens is 1. The number of nitrogens with zero attached hydrogens (tertiary/aromatic N) is 6. The molecule has 4 aromatic rings. The Morgan fingerprint density at radius 2 is 1.88 bits per heavy atom. The Hall–Kier alpha value is -3.16. The van der Waals surface area contributed by atoms with Crippen LogP contribution in [0.15, 0.2) is 52.1 Å². The molecule has 0 aliphatic heterocycles. The summed E-state index contributed by atoms with van der Waals surface area (Å²) in [5.41, 5.74) is 3.54. The van der Waals surface area contributed by atoms with E-state index in [0.717, 1.165) is 24.0 Å². The minimum atomic E-state index is -3.60. The maximum atomic E-state index is 13.0. The Morgan fingerprint density at radius 1 is 1.15 bits per heavy atom. The van der Waals surface area contributed by atoms with E-state index in [1.165, 1.54) is 0 Å². The highest BCUT2D eigenvalue weighted by atomic mass is 79.9. The lowest BCUT2D eigenvalue weighted by Gasteiger charge is -2.12. The molecule has 0 amide bonds. The lowest BCUT2D eigenvalue weighted by molar-refractivity contribution is 0.597. The lowest BCUT2D eigenvalue weighted by atomic mass is 10.0. The Balaban J connectivity index is 1.64. The van der Waals surface area contributed by atoms with Crippen LogP contribution in [0.5, 0.6) is 0 Å². The number of pyridine rings is 1. The molecule has 1 fully saturated rings. The average molecular weight is 523 g/mol. The molecule has 5 rings (SSSR count). The van der Waals surface area contributed by atoms with Gasteiger partial charge in [0.25, 0.3) is 5.54 Å². The number of hydrogen-bond acceptors (Lipinski definition) is 6. The van der Waals surface area contributed by atoms with Crippen LogP contribution >= 0.6 is 15.9 Å². The fourth-order valence-electron chi connectivity index (χ4n) is 3.89. The van der Waals surface area contributed by atoms with Crippen molar-refractivity contribution < 1.29 is 8.42 Å². The average Bonchev–Trinajstić information content (AvgIpc) is 3.57. The lowest BCUT2D eigenvalue weighted by Crippen LogP contribution is -2.09. The molecular weight excluding hydrogens is 504 g/mol. The van der Waals surface area contributed by atoms with Crippen molar-refractivity contribution in [3.8, 4) is 22.6 Å². The predicted molar refractivity (Wildman–Crippen MR) is 128 cm³/mol. The fraction of sp³-hybridized carbons (Fsp3) is 0.261. The molecule has 3 aromatic heterocycles. The Morgan fingerprint density at radius 3 is 2.52 bits per heavy atom. The summed E-state index contributed by atoms with van der Waals surface area (Å²) in [7, 11) is -1.84. The summed E-state index contributed by atoms with van der Waals surface area (Å²) in [4.78, 5) is 13.0. The van der Waals surface area contributed by atoms with Crippen LogP contribution in [0.2, 0.25) is 0 Å². The minimum Gasteiger partial charge on any atom is -0.309 e. The third-order valence-corrected chi connectivity index (χ3v) is 8.19.